The third-order valence-electron chi connectivity index (χ3n) is 4.02. The molecule has 1 aromatic carbocycles. The molecule has 1 N–H and O–H groups in total. The number of rotatable bonds is 3. The Hall–Kier alpha value is -2.54. The van der Waals surface area contributed by atoms with Gasteiger partial charge in [-0.05, 0) is 12.1 Å². The molecule has 1 saturated heterocycles. The maximum atomic E-state index is 12.7. The molecule has 0 radical (unpaired) electrons. The van der Waals surface area contributed by atoms with Gasteiger partial charge in [-0.3, -0.25) is 9.59 Å². The lowest BCUT2D eigenvalue weighted by molar-refractivity contribution is 0.0743. The van der Waals surface area contributed by atoms with Gasteiger partial charge in [0.05, 0.1) is 24.6 Å². The minimum absolute atomic E-state index is 0.0674. The van der Waals surface area contributed by atoms with Crippen LogP contribution in [0.2, 0.25) is 5.02 Å². The summed E-state index contributed by atoms with van der Waals surface area (Å²) < 4.78 is 5.25. The van der Waals surface area contributed by atoms with E-state index in [1.165, 1.54) is 6.20 Å². The molecule has 1 aliphatic rings. The first-order valence-electron chi connectivity index (χ1n) is 7.52. The SMILES string of the molecule is COc1ccccc1C(=O)N1CCN(c2cn[nH]c(=O)c2Cl)CC1. The van der Waals surface area contributed by atoms with Crippen LogP contribution in [-0.4, -0.2) is 54.3 Å². The van der Waals surface area contributed by atoms with Gasteiger partial charge >= 0.3 is 0 Å². The Balaban J connectivity index is 1.72. The van der Waals surface area contributed by atoms with Crippen LogP contribution in [0.4, 0.5) is 5.69 Å². The summed E-state index contributed by atoms with van der Waals surface area (Å²) in [7, 11) is 1.55. The fourth-order valence-corrected chi connectivity index (χ4v) is 2.95. The van der Waals surface area contributed by atoms with Crippen LogP contribution < -0.4 is 15.2 Å². The van der Waals surface area contributed by atoms with Gasteiger partial charge in [0.15, 0.2) is 0 Å². The second kappa shape index (κ2) is 6.92. The van der Waals surface area contributed by atoms with E-state index in [-0.39, 0.29) is 10.9 Å². The molecule has 0 spiro atoms. The number of hydrogen-bond acceptors (Lipinski definition) is 5. The Morgan fingerprint density at radius 1 is 1.25 bits per heavy atom. The number of hydrogen-bond donors (Lipinski definition) is 1. The number of nitrogens with zero attached hydrogens (tertiary/aromatic N) is 3. The maximum absolute atomic E-state index is 12.7. The Morgan fingerprint density at radius 2 is 1.96 bits per heavy atom. The molecule has 0 bridgehead atoms. The average molecular weight is 349 g/mol. The van der Waals surface area contributed by atoms with Gasteiger partial charge in [-0.2, -0.15) is 5.10 Å². The molecule has 24 heavy (non-hydrogen) atoms. The molecule has 8 heteroatoms. The van der Waals surface area contributed by atoms with E-state index >= 15 is 0 Å². The topological polar surface area (TPSA) is 78.5 Å². The van der Waals surface area contributed by atoms with Gasteiger partial charge in [-0.1, -0.05) is 23.7 Å². The number of amides is 1. The van der Waals surface area contributed by atoms with E-state index in [1.807, 2.05) is 17.0 Å². The molecule has 1 aliphatic heterocycles. The van der Waals surface area contributed by atoms with Crippen molar-refractivity contribution in [3.8, 4) is 5.75 Å². The number of carbonyl (C=O) groups excluding carboxylic acids is 1. The molecule has 1 fully saturated rings. The Bertz CT molecular complexity index is 800. The van der Waals surface area contributed by atoms with E-state index in [0.29, 0.717) is 43.2 Å². The molecule has 7 nitrogen and oxygen atoms in total. The second-order valence-electron chi connectivity index (χ2n) is 5.38. The highest BCUT2D eigenvalue weighted by atomic mass is 35.5. The maximum Gasteiger partial charge on any atom is 0.285 e. The molecule has 0 unspecified atom stereocenters. The van der Waals surface area contributed by atoms with Crippen LogP contribution in [0.3, 0.4) is 0 Å². The van der Waals surface area contributed by atoms with E-state index in [2.05, 4.69) is 10.2 Å². The normalized spacial score (nSPS) is 14.6. The van der Waals surface area contributed by atoms with Gasteiger partial charge in [-0.15, -0.1) is 0 Å². The molecule has 2 aromatic rings. The van der Waals surface area contributed by atoms with Gasteiger partial charge in [0.2, 0.25) is 0 Å². The van der Waals surface area contributed by atoms with Gasteiger partial charge in [0.25, 0.3) is 11.5 Å². The van der Waals surface area contributed by atoms with Crippen molar-refractivity contribution in [2.24, 2.45) is 0 Å². The lowest BCUT2D eigenvalue weighted by atomic mass is 10.1. The number of halogens is 1. The molecule has 0 aliphatic carbocycles. The highest BCUT2D eigenvalue weighted by Crippen LogP contribution is 2.24. The molecule has 3 rings (SSSR count). The summed E-state index contributed by atoms with van der Waals surface area (Å²) in [5, 5.41) is 6.20. The standard InChI is InChI=1S/C16H17ClN4O3/c1-24-13-5-3-2-4-11(13)16(23)21-8-6-20(7-9-21)12-10-18-19-15(22)14(12)17/h2-5,10H,6-9H2,1H3,(H,19,22). The number of H-pyrrole nitrogens is 1. The monoisotopic (exact) mass is 348 g/mol. The van der Waals surface area contributed by atoms with Crippen molar-refractivity contribution in [3.05, 3.63) is 51.4 Å². The molecule has 1 aromatic heterocycles. The van der Waals surface area contributed by atoms with Crippen LogP contribution in [0.5, 0.6) is 5.75 Å². The van der Waals surface area contributed by atoms with Crippen molar-refractivity contribution in [1.29, 1.82) is 0 Å². The number of nitrogens with one attached hydrogen (secondary N) is 1. The van der Waals surface area contributed by atoms with Gasteiger partial charge in [-0.25, -0.2) is 5.10 Å². The summed E-state index contributed by atoms with van der Waals surface area (Å²) in [6, 6.07) is 7.17. The minimum atomic E-state index is -0.415. The van der Waals surface area contributed by atoms with Gasteiger partial charge < -0.3 is 14.5 Å². The molecule has 126 valence electrons. The molecule has 2 heterocycles. The van der Waals surface area contributed by atoms with Crippen LogP contribution in [0.15, 0.2) is 35.3 Å². The molecule has 1 amide bonds. The molecular weight excluding hydrogens is 332 g/mol. The smallest absolute Gasteiger partial charge is 0.285 e. The number of benzene rings is 1. The van der Waals surface area contributed by atoms with E-state index in [4.69, 9.17) is 16.3 Å². The first-order chi connectivity index (χ1) is 11.6. The van der Waals surface area contributed by atoms with Crippen LogP contribution in [0.25, 0.3) is 0 Å². The van der Waals surface area contributed by atoms with Crippen molar-refractivity contribution in [2.75, 3.05) is 38.2 Å². The summed E-state index contributed by atoms with van der Waals surface area (Å²) in [5.74, 6) is 0.494. The number of aromatic amines is 1. The van der Waals surface area contributed by atoms with E-state index < -0.39 is 5.56 Å². The number of aromatic nitrogens is 2. The van der Waals surface area contributed by atoms with Crippen molar-refractivity contribution in [3.63, 3.8) is 0 Å². The predicted molar refractivity (Wildman–Crippen MR) is 91.0 cm³/mol. The fraction of sp³-hybridized carbons (Fsp3) is 0.312. The van der Waals surface area contributed by atoms with Gasteiger partial charge in [0.1, 0.15) is 10.8 Å². The summed E-state index contributed by atoms with van der Waals surface area (Å²) in [6.07, 6.45) is 1.53. The summed E-state index contributed by atoms with van der Waals surface area (Å²) in [5.41, 5.74) is 0.718. The van der Waals surface area contributed by atoms with E-state index in [0.717, 1.165) is 0 Å². The number of methoxy groups -OCH3 is 1. The molecule has 0 saturated carbocycles. The Labute approximate surface area is 143 Å². The minimum Gasteiger partial charge on any atom is -0.496 e. The lowest BCUT2D eigenvalue weighted by Crippen LogP contribution is -2.49. The van der Waals surface area contributed by atoms with Crippen molar-refractivity contribution in [2.45, 2.75) is 0 Å². The van der Waals surface area contributed by atoms with Crippen LogP contribution >= 0.6 is 11.6 Å². The van der Waals surface area contributed by atoms with Crippen molar-refractivity contribution in [1.82, 2.24) is 15.1 Å². The zero-order valence-corrected chi connectivity index (χ0v) is 13.9. The van der Waals surface area contributed by atoms with Crippen molar-refractivity contribution >= 4 is 23.2 Å². The number of para-hydroxylation sites is 1. The van der Waals surface area contributed by atoms with Crippen LogP contribution in [0, 0.1) is 0 Å². The largest absolute Gasteiger partial charge is 0.496 e. The third kappa shape index (κ3) is 3.07. The van der Waals surface area contributed by atoms with Gasteiger partial charge in [0, 0.05) is 26.2 Å². The zero-order valence-electron chi connectivity index (χ0n) is 13.2. The average Bonchev–Trinajstić information content (AvgIpc) is 2.63. The van der Waals surface area contributed by atoms with E-state index in [1.54, 1.807) is 24.1 Å². The first-order valence-corrected chi connectivity index (χ1v) is 7.90. The number of piperazine rings is 1. The lowest BCUT2D eigenvalue weighted by Gasteiger charge is -2.36. The fourth-order valence-electron chi connectivity index (χ4n) is 2.74. The van der Waals surface area contributed by atoms with E-state index in [9.17, 15) is 9.59 Å². The summed E-state index contributed by atoms with van der Waals surface area (Å²) in [6.45, 7) is 2.21. The Kier molecular flexibility index (Phi) is 4.71. The van der Waals surface area contributed by atoms with Crippen LogP contribution in [0.1, 0.15) is 10.4 Å². The predicted octanol–water partition coefficient (Wildman–Crippen LogP) is 1.39. The molecule has 0 atom stereocenters. The number of anilines is 1. The zero-order chi connectivity index (χ0) is 17.1. The highest BCUT2D eigenvalue weighted by Gasteiger charge is 2.25. The number of ether oxygens (including phenoxy) is 1. The quantitative estimate of drug-likeness (QED) is 0.907. The second-order valence-corrected chi connectivity index (χ2v) is 5.76. The Morgan fingerprint density at radius 3 is 2.67 bits per heavy atom. The van der Waals surface area contributed by atoms with Crippen LogP contribution in [-0.2, 0) is 0 Å². The summed E-state index contributed by atoms with van der Waals surface area (Å²) >= 11 is 6.04. The molecular formula is C16H17ClN4O3. The third-order valence-corrected chi connectivity index (χ3v) is 4.39. The first kappa shape index (κ1) is 16.3. The van der Waals surface area contributed by atoms with Crippen molar-refractivity contribution < 1.29 is 9.53 Å². The highest BCUT2D eigenvalue weighted by molar-refractivity contribution is 6.33. The summed E-state index contributed by atoms with van der Waals surface area (Å²) in [4.78, 5) is 28.0. The number of carbonyl (C=O) groups is 1.